The van der Waals surface area contributed by atoms with Crippen LogP contribution >= 0.6 is 15.9 Å². The maximum atomic E-state index is 13.6. The zero-order chi connectivity index (χ0) is 15.2. The third-order valence-electron chi connectivity index (χ3n) is 2.66. The predicted octanol–water partition coefficient (Wildman–Crippen LogP) is 3.92. The van der Waals surface area contributed by atoms with Gasteiger partial charge in [0.05, 0.1) is 0 Å². The molecule has 112 valence electrons. The van der Waals surface area contributed by atoms with Crippen molar-refractivity contribution in [3.63, 3.8) is 0 Å². The Kier molecular flexibility index (Phi) is 5.64. The predicted molar refractivity (Wildman–Crippen MR) is 82.8 cm³/mol. The highest BCUT2D eigenvalue weighted by atomic mass is 79.9. The van der Waals surface area contributed by atoms with Crippen molar-refractivity contribution in [1.82, 2.24) is 15.3 Å². The summed E-state index contributed by atoms with van der Waals surface area (Å²) < 4.78 is 19.6. The summed E-state index contributed by atoms with van der Waals surface area (Å²) in [5.74, 6) is 0.230. The van der Waals surface area contributed by atoms with E-state index >= 15 is 0 Å². The topological polar surface area (TPSA) is 47.0 Å². The van der Waals surface area contributed by atoms with Crippen LogP contribution in [0.15, 0.2) is 35.1 Å². The van der Waals surface area contributed by atoms with Crippen molar-refractivity contribution < 1.29 is 9.13 Å². The van der Waals surface area contributed by atoms with Gasteiger partial charge in [0.15, 0.2) is 11.6 Å². The zero-order valence-electron chi connectivity index (χ0n) is 11.9. The van der Waals surface area contributed by atoms with Gasteiger partial charge in [-0.15, -0.1) is 0 Å². The maximum Gasteiger partial charge on any atom is 0.321 e. The van der Waals surface area contributed by atoms with E-state index in [1.807, 2.05) is 0 Å². The Labute approximate surface area is 131 Å². The van der Waals surface area contributed by atoms with E-state index in [9.17, 15) is 4.39 Å². The average molecular weight is 354 g/mol. The van der Waals surface area contributed by atoms with Crippen LogP contribution in [-0.2, 0) is 6.54 Å². The van der Waals surface area contributed by atoms with E-state index in [2.05, 4.69) is 45.1 Å². The molecule has 0 atom stereocenters. The van der Waals surface area contributed by atoms with Crippen molar-refractivity contribution in [3.8, 4) is 11.8 Å². The van der Waals surface area contributed by atoms with E-state index in [1.54, 1.807) is 18.5 Å². The van der Waals surface area contributed by atoms with Crippen molar-refractivity contribution in [2.24, 2.45) is 5.92 Å². The molecule has 2 aromatic rings. The first-order valence-corrected chi connectivity index (χ1v) is 7.48. The van der Waals surface area contributed by atoms with Gasteiger partial charge < -0.3 is 10.1 Å². The number of halogens is 2. The summed E-state index contributed by atoms with van der Waals surface area (Å²) in [5.41, 5.74) is 0.958. The molecule has 0 saturated carbocycles. The van der Waals surface area contributed by atoms with E-state index < -0.39 is 5.82 Å². The Morgan fingerprint density at radius 3 is 2.62 bits per heavy atom. The molecule has 2 rings (SSSR count). The molecule has 0 aliphatic rings. The van der Waals surface area contributed by atoms with Crippen molar-refractivity contribution in [2.75, 3.05) is 6.54 Å². The number of hydrogen-bond donors (Lipinski definition) is 1. The minimum absolute atomic E-state index is 0.101. The summed E-state index contributed by atoms with van der Waals surface area (Å²) in [6.45, 7) is 5.92. The lowest BCUT2D eigenvalue weighted by atomic mass is 10.2. The number of ether oxygens (including phenoxy) is 1. The molecule has 4 nitrogen and oxygen atoms in total. The molecule has 0 aliphatic carbocycles. The van der Waals surface area contributed by atoms with E-state index in [0.29, 0.717) is 16.9 Å². The van der Waals surface area contributed by atoms with Gasteiger partial charge in [-0.2, -0.15) is 0 Å². The van der Waals surface area contributed by atoms with Crippen LogP contribution in [0.5, 0.6) is 11.8 Å². The molecule has 1 heterocycles. The molecule has 1 aromatic heterocycles. The molecule has 0 radical (unpaired) electrons. The van der Waals surface area contributed by atoms with Crippen molar-refractivity contribution in [3.05, 3.63) is 46.4 Å². The Balaban J connectivity index is 1.95. The highest BCUT2D eigenvalue weighted by Crippen LogP contribution is 2.24. The third kappa shape index (κ3) is 5.06. The molecular weight excluding hydrogens is 337 g/mol. The van der Waals surface area contributed by atoms with Gasteiger partial charge in [-0.25, -0.2) is 14.4 Å². The normalized spacial score (nSPS) is 10.9. The minimum Gasteiger partial charge on any atom is -0.421 e. The van der Waals surface area contributed by atoms with Gasteiger partial charge in [-0.3, -0.25) is 0 Å². The van der Waals surface area contributed by atoms with Crippen LogP contribution < -0.4 is 10.1 Å². The molecule has 0 spiro atoms. The second kappa shape index (κ2) is 7.47. The van der Waals surface area contributed by atoms with Gasteiger partial charge in [-0.1, -0.05) is 29.8 Å². The molecule has 0 saturated heterocycles. The van der Waals surface area contributed by atoms with E-state index in [-0.39, 0.29) is 11.8 Å². The Morgan fingerprint density at radius 2 is 2.00 bits per heavy atom. The molecule has 0 amide bonds. The van der Waals surface area contributed by atoms with Crippen molar-refractivity contribution in [1.29, 1.82) is 0 Å². The Morgan fingerprint density at radius 1 is 1.29 bits per heavy atom. The van der Waals surface area contributed by atoms with E-state index in [0.717, 1.165) is 12.1 Å². The van der Waals surface area contributed by atoms with Gasteiger partial charge in [0.1, 0.15) is 0 Å². The minimum atomic E-state index is -0.462. The molecule has 0 bridgehead atoms. The number of aromatic nitrogens is 2. The Bertz CT molecular complexity index is 590. The number of hydrogen-bond acceptors (Lipinski definition) is 4. The number of rotatable bonds is 6. The van der Waals surface area contributed by atoms with Gasteiger partial charge in [0.2, 0.25) is 0 Å². The van der Waals surface area contributed by atoms with Crippen LogP contribution in [0, 0.1) is 11.7 Å². The van der Waals surface area contributed by atoms with Crippen molar-refractivity contribution in [2.45, 2.75) is 20.4 Å². The Hall–Kier alpha value is -1.53. The second-order valence-electron chi connectivity index (χ2n) is 5.08. The maximum absolute atomic E-state index is 13.6. The lowest BCUT2D eigenvalue weighted by Gasteiger charge is -2.08. The molecule has 21 heavy (non-hydrogen) atoms. The van der Waals surface area contributed by atoms with Gasteiger partial charge >= 0.3 is 6.01 Å². The monoisotopic (exact) mass is 353 g/mol. The second-order valence-corrected chi connectivity index (χ2v) is 5.99. The molecule has 6 heteroatoms. The van der Waals surface area contributed by atoms with Gasteiger partial charge in [0, 0.05) is 29.0 Å². The summed E-state index contributed by atoms with van der Waals surface area (Å²) in [5, 5.41) is 3.30. The first-order chi connectivity index (χ1) is 10.0. The quantitative estimate of drug-likeness (QED) is 0.854. The van der Waals surface area contributed by atoms with Gasteiger partial charge in [0.25, 0.3) is 0 Å². The SMILES string of the molecule is CC(C)CNCc1cnc(Oc2ccc(Br)cc2F)nc1. The van der Waals surface area contributed by atoms with E-state index in [4.69, 9.17) is 4.74 Å². The molecular formula is C15H17BrFN3O. The van der Waals surface area contributed by atoms with Crippen molar-refractivity contribution >= 4 is 15.9 Å². The lowest BCUT2D eigenvalue weighted by Crippen LogP contribution is -2.19. The summed E-state index contributed by atoms with van der Waals surface area (Å²) in [4.78, 5) is 8.17. The fourth-order valence-corrected chi connectivity index (χ4v) is 1.98. The van der Waals surface area contributed by atoms with Crippen LogP contribution in [0.2, 0.25) is 0 Å². The van der Waals surface area contributed by atoms with Crippen LogP contribution in [0.1, 0.15) is 19.4 Å². The van der Waals surface area contributed by atoms with Crippen LogP contribution in [0.3, 0.4) is 0 Å². The van der Waals surface area contributed by atoms with Crippen LogP contribution in [-0.4, -0.2) is 16.5 Å². The molecule has 0 unspecified atom stereocenters. The average Bonchev–Trinajstić information content (AvgIpc) is 2.43. The van der Waals surface area contributed by atoms with Crippen LogP contribution in [0.25, 0.3) is 0 Å². The summed E-state index contributed by atoms with van der Waals surface area (Å²) >= 11 is 3.19. The van der Waals surface area contributed by atoms with Gasteiger partial charge in [-0.05, 0) is 30.7 Å². The number of nitrogens with one attached hydrogen (secondary N) is 1. The molecule has 0 aliphatic heterocycles. The molecule has 1 aromatic carbocycles. The molecule has 0 fully saturated rings. The van der Waals surface area contributed by atoms with E-state index in [1.165, 1.54) is 12.1 Å². The first kappa shape index (κ1) is 15.9. The highest BCUT2D eigenvalue weighted by Gasteiger charge is 2.07. The highest BCUT2D eigenvalue weighted by molar-refractivity contribution is 9.10. The zero-order valence-corrected chi connectivity index (χ0v) is 13.5. The molecule has 1 N–H and O–H groups in total. The standard InChI is InChI=1S/C15H17BrFN3O/c1-10(2)6-18-7-11-8-19-15(20-9-11)21-14-4-3-12(16)5-13(14)17/h3-5,8-10,18H,6-7H2,1-2H3. The number of benzene rings is 1. The smallest absolute Gasteiger partial charge is 0.321 e. The largest absolute Gasteiger partial charge is 0.421 e. The fourth-order valence-electron chi connectivity index (χ4n) is 1.65. The summed E-state index contributed by atoms with van der Waals surface area (Å²) in [7, 11) is 0. The summed E-state index contributed by atoms with van der Waals surface area (Å²) in [6.07, 6.45) is 3.35. The first-order valence-electron chi connectivity index (χ1n) is 6.69. The lowest BCUT2D eigenvalue weighted by molar-refractivity contribution is 0.410. The number of nitrogens with zero attached hydrogens (tertiary/aromatic N) is 2. The third-order valence-corrected chi connectivity index (χ3v) is 3.15. The summed E-state index contributed by atoms with van der Waals surface area (Å²) in [6, 6.07) is 4.69. The van der Waals surface area contributed by atoms with Crippen LogP contribution in [0.4, 0.5) is 4.39 Å². The fraction of sp³-hybridized carbons (Fsp3) is 0.333.